The van der Waals surface area contributed by atoms with E-state index >= 15 is 0 Å². The topological polar surface area (TPSA) is 86.7 Å². The molecule has 0 saturated carbocycles. The summed E-state index contributed by atoms with van der Waals surface area (Å²) >= 11 is 0. The second-order valence-corrected chi connectivity index (χ2v) is 7.02. The van der Waals surface area contributed by atoms with Gasteiger partial charge in [-0.15, -0.1) is 5.75 Å². The van der Waals surface area contributed by atoms with Gasteiger partial charge in [0.05, 0.1) is 0 Å². The summed E-state index contributed by atoms with van der Waals surface area (Å²) in [5, 5.41) is 11.1. The Hall–Kier alpha value is -1.05. The predicted molar refractivity (Wildman–Crippen MR) is 90.1 cm³/mol. The second kappa shape index (κ2) is 10.2. The third-order valence-corrected chi connectivity index (χ3v) is 4.61. The predicted octanol–water partition coefficient (Wildman–Crippen LogP) is 0.926. The first-order valence-corrected chi connectivity index (χ1v) is 9.39. The SMILES string of the molecule is CCCCCCc1ccc(Oc2ccc([O-])cc2)cc1S(=O)(=O)O.[Na+]. The molecule has 5 nitrogen and oxygen atoms in total. The Morgan fingerprint density at radius 3 is 2.24 bits per heavy atom. The molecule has 130 valence electrons. The van der Waals surface area contributed by atoms with Gasteiger partial charge in [0.2, 0.25) is 0 Å². The van der Waals surface area contributed by atoms with Crippen molar-refractivity contribution in [2.45, 2.75) is 43.9 Å². The summed E-state index contributed by atoms with van der Waals surface area (Å²) in [7, 11) is -4.33. The first-order chi connectivity index (χ1) is 11.4. The van der Waals surface area contributed by atoms with Gasteiger partial charge in [-0.05, 0) is 36.6 Å². The van der Waals surface area contributed by atoms with Gasteiger partial charge >= 0.3 is 29.6 Å². The van der Waals surface area contributed by atoms with E-state index in [0.717, 1.165) is 25.7 Å². The summed E-state index contributed by atoms with van der Waals surface area (Å²) in [5.41, 5.74) is 0.579. The van der Waals surface area contributed by atoms with E-state index < -0.39 is 10.1 Å². The Morgan fingerprint density at radius 1 is 1.00 bits per heavy atom. The van der Waals surface area contributed by atoms with Crippen molar-refractivity contribution in [2.75, 3.05) is 0 Å². The van der Waals surface area contributed by atoms with Crippen molar-refractivity contribution in [3.05, 3.63) is 48.0 Å². The van der Waals surface area contributed by atoms with E-state index in [1.165, 1.54) is 30.3 Å². The average Bonchev–Trinajstić information content (AvgIpc) is 2.54. The van der Waals surface area contributed by atoms with Gasteiger partial charge in [-0.3, -0.25) is 4.55 Å². The summed E-state index contributed by atoms with van der Waals surface area (Å²) in [5.74, 6) is 0.577. The van der Waals surface area contributed by atoms with Crippen molar-refractivity contribution in [1.82, 2.24) is 0 Å². The van der Waals surface area contributed by atoms with Crippen LogP contribution in [0.15, 0.2) is 47.4 Å². The number of benzene rings is 2. The number of ether oxygens (including phenoxy) is 1. The molecule has 0 aliphatic rings. The van der Waals surface area contributed by atoms with E-state index in [4.69, 9.17) is 4.74 Å². The van der Waals surface area contributed by atoms with Gasteiger partial charge in [0.25, 0.3) is 10.1 Å². The maximum absolute atomic E-state index is 11.7. The van der Waals surface area contributed by atoms with Crippen molar-refractivity contribution in [3.63, 3.8) is 0 Å². The quantitative estimate of drug-likeness (QED) is 0.423. The molecule has 7 heteroatoms. The third-order valence-electron chi connectivity index (χ3n) is 3.68. The van der Waals surface area contributed by atoms with Crippen LogP contribution in [0.2, 0.25) is 0 Å². The molecule has 0 aliphatic heterocycles. The normalized spacial score (nSPS) is 11.0. The first kappa shape index (κ1) is 22.0. The van der Waals surface area contributed by atoms with Gasteiger partial charge in [0.15, 0.2) is 0 Å². The molecule has 1 N–H and O–H groups in total. The van der Waals surface area contributed by atoms with Crippen LogP contribution in [0.3, 0.4) is 0 Å². The van der Waals surface area contributed by atoms with Gasteiger partial charge in [-0.1, -0.05) is 44.4 Å². The third kappa shape index (κ3) is 6.99. The average molecular weight is 372 g/mol. The molecule has 0 spiro atoms. The molecule has 2 aromatic carbocycles. The molecule has 2 rings (SSSR count). The van der Waals surface area contributed by atoms with E-state index in [1.54, 1.807) is 12.1 Å². The summed E-state index contributed by atoms with van der Waals surface area (Å²) < 4.78 is 38.3. The maximum atomic E-state index is 11.7. The van der Waals surface area contributed by atoms with Gasteiger partial charge < -0.3 is 9.84 Å². The summed E-state index contributed by atoms with van der Waals surface area (Å²) in [4.78, 5) is -0.128. The Kier molecular flexibility index (Phi) is 8.96. The molecule has 25 heavy (non-hydrogen) atoms. The molecule has 0 bridgehead atoms. The zero-order chi connectivity index (χ0) is 17.6. The maximum Gasteiger partial charge on any atom is 1.00 e. The number of hydrogen-bond donors (Lipinski definition) is 1. The van der Waals surface area contributed by atoms with Crippen molar-refractivity contribution >= 4 is 10.1 Å². The van der Waals surface area contributed by atoms with Crippen LogP contribution in [-0.4, -0.2) is 13.0 Å². The zero-order valence-electron chi connectivity index (χ0n) is 14.6. The molecule has 2 aromatic rings. The van der Waals surface area contributed by atoms with Crippen molar-refractivity contribution in [3.8, 4) is 17.2 Å². The fourth-order valence-electron chi connectivity index (χ4n) is 2.43. The molecule has 0 fully saturated rings. The minimum atomic E-state index is -4.33. The summed E-state index contributed by atoms with van der Waals surface area (Å²) in [6.45, 7) is 2.11. The van der Waals surface area contributed by atoms with Crippen molar-refractivity contribution in [2.24, 2.45) is 0 Å². The number of unbranched alkanes of at least 4 members (excludes halogenated alkanes) is 3. The number of rotatable bonds is 8. The number of aryl methyl sites for hydroxylation is 1. The largest absolute Gasteiger partial charge is 1.00 e. The molecule has 0 radical (unpaired) electrons. The van der Waals surface area contributed by atoms with Crippen LogP contribution in [0, 0.1) is 0 Å². The van der Waals surface area contributed by atoms with Crippen LogP contribution in [0.5, 0.6) is 17.2 Å². The Bertz CT molecular complexity index is 773. The van der Waals surface area contributed by atoms with Gasteiger partial charge in [-0.2, -0.15) is 8.42 Å². The van der Waals surface area contributed by atoms with E-state index in [-0.39, 0.29) is 40.2 Å². The Balaban J connectivity index is 0.00000312. The van der Waals surface area contributed by atoms with E-state index in [9.17, 15) is 18.1 Å². The summed E-state index contributed by atoms with van der Waals surface area (Å²) in [6.07, 6.45) is 4.65. The first-order valence-electron chi connectivity index (χ1n) is 7.95. The molecule has 0 aromatic heterocycles. The molecule has 0 aliphatic carbocycles. The molecular weight excluding hydrogens is 351 g/mol. The molecule has 0 saturated heterocycles. The fraction of sp³-hybridized carbons (Fsp3) is 0.333. The van der Waals surface area contributed by atoms with Crippen LogP contribution < -0.4 is 39.4 Å². The molecule has 0 heterocycles. The van der Waals surface area contributed by atoms with Gasteiger partial charge in [-0.25, -0.2) is 0 Å². The monoisotopic (exact) mass is 372 g/mol. The van der Waals surface area contributed by atoms with Crippen molar-refractivity contribution in [1.29, 1.82) is 0 Å². The zero-order valence-corrected chi connectivity index (χ0v) is 17.4. The Labute approximate surface area is 171 Å². The standard InChI is InChI=1S/C18H22O5S.Na/c1-2-3-4-5-6-14-7-10-17(13-18(14)24(20,21)22)23-16-11-8-15(19)9-12-16;/h7-13,19H,2-6H2,1H3,(H,20,21,22);/q;+1/p-1. The molecule has 0 unspecified atom stereocenters. The minimum absolute atomic E-state index is 0. The minimum Gasteiger partial charge on any atom is -0.872 e. The van der Waals surface area contributed by atoms with Crippen LogP contribution in [-0.2, 0) is 16.5 Å². The van der Waals surface area contributed by atoms with E-state index in [2.05, 4.69) is 6.92 Å². The van der Waals surface area contributed by atoms with Gasteiger partial charge in [0.1, 0.15) is 16.4 Å². The van der Waals surface area contributed by atoms with E-state index in [1.807, 2.05) is 0 Å². The van der Waals surface area contributed by atoms with Crippen molar-refractivity contribution < 1.29 is 52.4 Å². The van der Waals surface area contributed by atoms with Crippen LogP contribution in [0.4, 0.5) is 0 Å². The smallest absolute Gasteiger partial charge is 0.872 e. The van der Waals surface area contributed by atoms with Crippen LogP contribution in [0.25, 0.3) is 0 Å². The van der Waals surface area contributed by atoms with Crippen LogP contribution >= 0.6 is 0 Å². The molecular formula is C18H21NaO5S. The van der Waals surface area contributed by atoms with Crippen LogP contribution in [0.1, 0.15) is 38.2 Å². The van der Waals surface area contributed by atoms with E-state index in [0.29, 0.717) is 23.5 Å². The molecule has 0 amide bonds. The Morgan fingerprint density at radius 2 is 1.64 bits per heavy atom. The number of hydrogen-bond acceptors (Lipinski definition) is 4. The second-order valence-electron chi connectivity index (χ2n) is 5.63. The molecule has 0 atom stereocenters. The summed E-state index contributed by atoms with van der Waals surface area (Å²) in [6, 6.07) is 10.4. The van der Waals surface area contributed by atoms with Gasteiger partial charge in [0, 0.05) is 6.07 Å². The fourth-order valence-corrected chi connectivity index (χ4v) is 3.20.